The molecule has 0 unspecified atom stereocenters. The van der Waals surface area contributed by atoms with Gasteiger partial charge in [0.05, 0.1) is 7.11 Å². The quantitative estimate of drug-likeness (QED) is 0.348. The summed E-state index contributed by atoms with van der Waals surface area (Å²) in [5, 5.41) is 1.54. The predicted molar refractivity (Wildman–Crippen MR) is 140 cm³/mol. The van der Waals surface area contributed by atoms with Crippen LogP contribution in [0.25, 0.3) is 10.8 Å². The van der Waals surface area contributed by atoms with Crippen molar-refractivity contribution in [3.63, 3.8) is 0 Å². The first kappa shape index (κ1) is 23.3. The summed E-state index contributed by atoms with van der Waals surface area (Å²) in [7, 11) is 1.58. The molecule has 4 aromatic rings. The van der Waals surface area contributed by atoms with Crippen molar-refractivity contribution in [1.82, 2.24) is 4.90 Å². The molecule has 1 heterocycles. The molecule has 0 spiro atoms. The molecule has 0 atom stereocenters. The van der Waals surface area contributed by atoms with Crippen LogP contribution in [0.1, 0.15) is 42.2 Å². The van der Waals surface area contributed by atoms with Crippen LogP contribution in [0.4, 0.5) is 5.69 Å². The number of carbonyl (C=O) groups is 3. The minimum atomic E-state index is -0.349. The molecule has 1 aliphatic heterocycles. The molecule has 4 aromatic carbocycles. The van der Waals surface area contributed by atoms with Gasteiger partial charge in [0.1, 0.15) is 5.75 Å². The monoisotopic (exact) mass is 478 g/mol. The first-order valence-electron chi connectivity index (χ1n) is 11.8. The van der Waals surface area contributed by atoms with Crippen LogP contribution in [-0.4, -0.2) is 42.8 Å². The molecular formula is C30H26N2O4. The highest BCUT2D eigenvalue weighted by atomic mass is 16.5. The van der Waals surface area contributed by atoms with Crippen LogP contribution in [0.5, 0.6) is 5.75 Å². The Labute approximate surface area is 209 Å². The fourth-order valence-electron chi connectivity index (χ4n) is 4.85. The lowest BCUT2D eigenvalue weighted by atomic mass is 9.94. The van der Waals surface area contributed by atoms with E-state index in [0.717, 1.165) is 16.5 Å². The van der Waals surface area contributed by atoms with Gasteiger partial charge in [0, 0.05) is 40.9 Å². The summed E-state index contributed by atoms with van der Waals surface area (Å²) < 4.78 is 5.27. The molecule has 0 saturated heterocycles. The highest BCUT2D eigenvalue weighted by Crippen LogP contribution is 2.30. The summed E-state index contributed by atoms with van der Waals surface area (Å²) in [6.07, 6.45) is 0. The number of rotatable bonds is 6. The van der Waals surface area contributed by atoms with Gasteiger partial charge in [-0.3, -0.25) is 19.3 Å². The van der Waals surface area contributed by atoms with Crippen LogP contribution in [0.15, 0.2) is 78.9 Å². The van der Waals surface area contributed by atoms with E-state index >= 15 is 0 Å². The van der Waals surface area contributed by atoms with Crippen LogP contribution in [0.3, 0.4) is 0 Å². The highest BCUT2D eigenvalue weighted by molar-refractivity contribution is 6.25. The lowest BCUT2D eigenvalue weighted by molar-refractivity contribution is 0.0611. The molecule has 180 valence electrons. The van der Waals surface area contributed by atoms with Gasteiger partial charge in [0.2, 0.25) is 0 Å². The highest BCUT2D eigenvalue weighted by Gasteiger charge is 2.33. The maximum atomic E-state index is 13.7. The third kappa shape index (κ3) is 4.11. The number of nitrogens with zero attached hydrogens (tertiary/aromatic N) is 2. The molecule has 3 amide bonds. The summed E-state index contributed by atoms with van der Waals surface area (Å²) in [5.41, 5.74) is 4.17. The first-order valence-corrected chi connectivity index (χ1v) is 11.8. The van der Waals surface area contributed by atoms with Gasteiger partial charge < -0.3 is 9.64 Å². The minimum absolute atomic E-state index is 0.0605. The second-order valence-electron chi connectivity index (χ2n) is 9.00. The summed E-state index contributed by atoms with van der Waals surface area (Å²) in [6, 6.07) is 23.8. The molecule has 0 N–H and O–H groups in total. The van der Waals surface area contributed by atoms with E-state index < -0.39 is 0 Å². The molecule has 5 rings (SSSR count). The molecule has 6 nitrogen and oxygen atoms in total. The van der Waals surface area contributed by atoms with Crippen molar-refractivity contribution >= 4 is 34.2 Å². The van der Waals surface area contributed by atoms with Crippen LogP contribution >= 0.6 is 0 Å². The second kappa shape index (κ2) is 9.30. The standard InChI is InChI=1S/C30H26N2O4/c1-19-16-20(2)18-22(17-19)28(33)31(23-10-12-24(36-3)13-11-23)14-15-32-29(34)25-8-4-6-21-7-5-9-26(27(21)25)30(32)35/h4-13,16-18H,14-15H2,1-3H3. The summed E-state index contributed by atoms with van der Waals surface area (Å²) in [4.78, 5) is 43.3. The number of methoxy groups -OCH3 is 1. The smallest absolute Gasteiger partial charge is 0.261 e. The van der Waals surface area contributed by atoms with Crippen molar-refractivity contribution < 1.29 is 19.1 Å². The lowest BCUT2D eigenvalue weighted by Gasteiger charge is -2.30. The topological polar surface area (TPSA) is 66.9 Å². The number of amides is 3. The first-order chi connectivity index (χ1) is 17.4. The van der Waals surface area contributed by atoms with Crippen LogP contribution in [-0.2, 0) is 0 Å². The van der Waals surface area contributed by atoms with E-state index in [1.807, 2.05) is 56.3 Å². The Bertz CT molecular complexity index is 1440. The van der Waals surface area contributed by atoms with Crippen molar-refractivity contribution in [3.8, 4) is 5.75 Å². The number of imide groups is 1. The van der Waals surface area contributed by atoms with Gasteiger partial charge in [-0.2, -0.15) is 0 Å². The Morgan fingerprint density at radius 1 is 0.833 bits per heavy atom. The SMILES string of the molecule is COc1ccc(N(CCN2C(=O)c3cccc4cccc(c34)C2=O)C(=O)c2cc(C)cc(C)c2)cc1. The average molecular weight is 479 g/mol. The summed E-state index contributed by atoms with van der Waals surface area (Å²) in [6.45, 7) is 4.11. The Balaban J connectivity index is 1.48. The number of carbonyl (C=O) groups excluding carboxylic acids is 3. The van der Waals surface area contributed by atoms with Crippen molar-refractivity contribution in [2.24, 2.45) is 0 Å². The van der Waals surface area contributed by atoms with E-state index in [2.05, 4.69) is 0 Å². The Morgan fingerprint density at radius 3 is 1.97 bits per heavy atom. The number of hydrogen-bond acceptors (Lipinski definition) is 4. The molecular weight excluding hydrogens is 452 g/mol. The number of anilines is 1. The van der Waals surface area contributed by atoms with Crippen molar-refractivity contribution in [2.45, 2.75) is 13.8 Å². The molecule has 1 aliphatic rings. The van der Waals surface area contributed by atoms with Gasteiger partial charge in [0.25, 0.3) is 17.7 Å². The Morgan fingerprint density at radius 2 is 1.42 bits per heavy atom. The zero-order valence-electron chi connectivity index (χ0n) is 20.4. The number of ether oxygens (including phenoxy) is 1. The van der Waals surface area contributed by atoms with Crippen LogP contribution in [0, 0.1) is 13.8 Å². The van der Waals surface area contributed by atoms with Crippen LogP contribution in [0.2, 0.25) is 0 Å². The molecule has 0 radical (unpaired) electrons. The van der Waals surface area contributed by atoms with E-state index in [1.165, 1.54) is 4.90 Å². The van der Waals surface area contributed by atoms with Crippen molar-refractivity contribution in [3.05, 3.63) is 107 Å². The maximum Gasteiger partial charge on any atom is 0.261 e. The molecule has 6 heteroatoms. The molecule has 0 fully saturated rings. The van der Waals surface area contributed by atoms with Crippen molar-refractivity contribution in [2.75, 3.05) is 25.1 Å². The normalized spacial score (nSPS) is 12.7. The summed E-state index contributed by atoms with van der Waals surface area (Å²) >= 11 is 0. The van der Waals surface area contributed by atoms with Gasteiger partial charge in [0.15, 0.2) is 0 Å². The van der Waals surface area contributed by atoms with Gasteiger partial charge in [-0.1, -0.05) is 41.5 Å². The molecule has 36 heavy (non-hydrogen) atoms. The third-order valence-electron chi connectivity index (χ3n) is 6.50. The number of benzene rings is 4. The van der Waals surface area contributed by atoms with E-state index in [0.29, 0.717) is 33.5 Å². The van der Waals surface area contributed by atoms with E-state index in [9.17, 15) is 14.4 Å². The Hall–Kier alpha value is -4.45. The summed E-state index contributed by atoms with van der Waals surface area (Å²) in [5.74, 6) is -0.231. The number of aryl methyl sites for hydroxylation is 2. The van der Waals surface area contributed by atoms with Gasteiger partial charge in [-0.05, 0) is 67.8 Å². The van der Waals surface area contributed by atoms with E-state index in [-0.39, 0.29) is 30.8 Å². The zero-order valence-corrected chi connectivity index (χ0v) is 20.4. The fourth-order valence-corrected chi connectivity index (χ4v) is 4.85. The van der Waals surface area contributed by atoms with Gasteiger partial charge >= 0.3 is 0 Å². The molecule has 0 aliphatic carbocycles. The molecule has 0 aromatic heterocycles. The maximum absolute atomic E-state index is 13.7. The number of hydrogen-bond donors (Lipinski definition) is 0. The second-order valence-corrected chi connectivity index (χ2v) is 9.00. The fraction of sp³-hybridized carbons (Fsp3) is 0.167. The Kier molecular flexibility index (Phi) is 6.02. The average Bonchev–Trinajstić information content (AvgIpc) is 2.88. The van der Waals surface area contributed by atoms with Crippen LogP contribution < -0.4 is 9.64 Å². The van der Waals surface area contributed by atoms with Gasteiger partial charge in [-0.15, -0.1) is 0 Å². The van der Waals surface area contributed by atoms with E-state index in [1.54, 1.807) is 48.4 Å². The molecule has 0 saturated carbocycles. The van der Waals surface area contributed by atoms with E-state index in [4.69, 9.17) is 4.74 Å². The largest absolute Gasteiger partial charge is 0.497 e. The third-order valence-corrected chi connectivity index (χ3v) is 6.50. The minimum Gasteiger partial charge on any atom is -0.497 e. The van der Waals surface area contributed by atoms with Gasteiger partial charge in [-0.25, -0.2) is 0 Å². The predicted octanol–water partition coefficient (Wildman–Crippen LogP) is 5.41. The lowest BCUT2D eigenvalue weighted by Crippen LogP contribution is -2.46. The van der Waals surface area contributed by atoms with Crippen molar-refractivity contribution in [1.29, 1.82) is 0 Å². The zero-order chi connectivity index (χ0) is 25.4. The molecule has 0 bridgehead atoms.